The van der Waals surface area contributed by atoms with E-state index in [1.165, 1.54) is 44.9 Å². The first-order chi connectivity index (χ1) is 10.2. The van der Waals surface area contributed by atoms with E-state index in [0.29, 0.717) is 6.04 Å². The zero-order valence-corrected chi connectivity index (χ0v) is 14.5. The minimum absolute atomic E-state index is 0.491. The van der Waals surface area contributed by atoms with E-state index < -0.39 is 0 Å². The Balaban J connectivity index is 2.10. The molecule has 0 aromatic heterocycles. The average Bonchev–Trinajstić information content (AvgIpc) is 2.42. The first-order valence-electron chi connectivity index (χ1n) is 8.38. The molecule has 1 nitrogen and oxygen atoms in total. The van der Waals surface area contributed by atoms with Crippen molar-refractivity contribution in [3.8, 4) is 0 Å². The highest BCUT2D eigenvalue weighted by molar-refractivity contribution is 6.36. The lowest BCUT2D eigenvalue weighted by Crippen LogP contribution is -2.38. The number of halogens is 2. The number of hydrogen-bond donors (Lipinski definition) is 1. The molecule has 1 aliphatic carbocycles. The molecule has 1 N–H and O–H groups in total. The molecular weight excluding hydrogens is 301 g/mol. The molecule has 1 aromatic rings. The van der Waals surface area contributed by atoms with E-state index in [1.54, 1.807) is 0 Å². The van der Waals surface area contributed by atoms with E-state index in [4.69, 9.17) is 23.2 Å². The summed E-state index contributed by atoms with van der Waals surface area (Å²) in [5.41, 5.74) is 1.11. The molecule has 1 aromatic carbocycles. The molecule has 118 valence electrons. The average molecular weight is 328 g/mol. The third-order valence-electron chi connectivity index (χ3n) is 4.67. The summed E-state index contributed by atoms with van der Waals surface area (Å²) in [6.07, 6.45) is 10.5. The van der Waals surface area contributed by atoms with Crippen LogP contribution in [0.15, 0.2) is 18.2 Å². The molecule has 0 saturated heterocycles. The number of nitrogens with one attached hydrogen (secondary N) is 1. The molecule has 1 unspecified atom stereocenters. The highest BCUT2D eigenvalue weighted by Crippen LogP contribution is 2.31. The van der Waals surface area contributed by atoms with Gasteiger partial charge >= 0.3 is 0 Å². The van der Waals surface area contributed by atoms with Crippen molar-refractivity contribution >= 4 is 23.2 Å². The summed E-state index contributed by atoms with van der Waals surface area (Å²) in [6.45, 7) is 3.19. The third-order valence-corrected chi connectivity index (χ3v) is 5.38. The van der Waals surface area contributed by atoms with Gasteiger partial charge in [-0.3, -0.25) is 0 Å². The van der Waals surface area contributed by atoms with Crippen LogP contribution in [-0.4, -0.2) is 12.6 Å². The second-order valence-electron chi connectivity index (χ2n) is 6.17. The second kappa shape index (κ2) is 9.02. The molecule has 1 aliphatic rings. The van der Waals surface area contributed by atoms with Crippen molar-refractivity contribution in [2.45, 2.75) is 64.3 Å². The quantitative estimate of drug-likeness (QED) is 0.712. The van der Waals surface area contributed by atoms with Crippen LogP contribution in [0.1, 0.15) is 57.4 Å². The summed E-state index contributed by atoms with van der Waals surface area (Å²) in [7, 11) is 0. The lowest BCUT2D eigenvalue weighted by atomic mass is 9.83. The molecule has 2 rings (SSSR count). The first kappa shape index (κ1) is 17.1. The first-order valence-corrected chi connectivity index (χ1v) is 9.14. The maximum Gasteiger partial charge on any atom is 0.0453 e. The Morgan fingerprint density at radius 3 is 2.19 bits per heavy atom. The molecule has 1 fully saturated rings. The van der Waals surface area contributed by atoms with E-state index in [1.807, 2.05) is 18.2 Å². The van der Waals surface area contributed by atoms with Crippen LogP contribution in [0.25, 0.3) is 0 Å². The Morgan fingerprint density at radius 1 is 1.05 bits per heavy atom. The van der Waals surface area contributed by atoms with Crippen LogP contribution in [-0.2, 0) is 6.42 Å². The SMILES string of the molecule is CCNC(Cc1c(Cl)cccc1Cl)C1CCCCCCC1. The maximum atomic E-state index is 6.36. The van der Waals surface area contributed by atoms with Crippen molar-refractivity contribution < 1.29 is 0 Å². The van der Waals surface area contributed by atoms with Gasteiger partial charge in [0, 0.05) is 16.1 Å². The second-order valence-corrected chi connectivity index (χ2v) is 6.99. The van der Waals surface area contributed by atoms with Gasteiger partial charge in [-0.2, -0.15) is 0 Å². The number of rotatable bonds is 5. The minimum atomic E-state index is 0.491. The Labute approximate surface area is 139 Å². The summed E-state index contributed by atoms with van der Waals surface area (Å²) >= 11 is 12.7. The molecule has 0 radical (unpaired) electrons. The normalized spacial score (nSPS) is 19.0. The van der Waals surface area contributed by atoms with Gasteiger partial charge in [0.1, 0.15) is 0 Å². The summed E-state index contributed by atoms with van der Waals surface area (Å²) in [4.78, 5) is 0. The lowest BCUT2D eigenvalue weighted by molar-refractivity contribution is 0.286. The fraction of sp³-hybridized carbons (Fsp3) is 0.667. The smallest absolute Gasteiger partial charge is 0.0453 e. The maximum absolute atomic E-state index is 6.36. The van der Waals surface area contributed by atoms with Crippen LogP contribution < -0.4 is 5.32 Å². The van der Waals surface area contributed by atoms with Crippen molar-refractivity contribution in [1.82, 2.24) is 5.32 Å². The highest BCUT2D eigenvalue weighted by atomic mass is 35.5. The fourth-order valence-corrected chi connectivity index (χ4v) is 4.06. The van der Waals surface area contributed by atoms with Gasteiger partial charge in [0.15, 0.2) is 0 Å². The summed E-state index contributed by atoms with van der Waals surface area (Å²) in [6, 6.07) is 6.31. The van der Waals surface area contributed by atoms with Crippen LogP contribution in [0, 0.1) is 5.92 Å². The zero-order valence-electron chi connectivity index (χ0n) is 13.0. The van der Waals surface area contributed by atoms with Crippen molar-refractivity contribution in [3.63, 3.8) is 0 Å². The van der Waals surface area contributed by atoms with Gasteiger partial charge in [0.2, 0.25) is 0 Å². The van der Waals surface area contributed by atoms with Crippen LogP contribution in [0.2, 0.25) is 10.0 Å². The molecule has 3 heteroatoms. The predicted octanol–water partition coefficient (Wildman–Crippen LogP) is 5.87. The zero-order chi connectivity index (χ0) is 15.1. The Morgan fingerprint density at radius 2 is 1.62 bits per heavy atom. The molecule has 0 aliphatic heterocycles. The summed E-state index contributed by atoms with van der Waals surface area (Å²) < 4.78 is 0. The van der Waals surface area contributed by atoms with Crippen molar-refractivity contribution in [1.29, 1.82) is 0 Å². The Hall–Kier alpha value is -0.240. The van der Waals surface area contributed by atoms with E-state index in [2.05, 4.69) is 12.2 Å². The van der Waals surface area contributed by atoms with Gasteiger partial charge in [-0.05, 0) is 49.4 Å². The van der Waals surface area contributed by atoms with Crippen molar-refractivity contribution in [3.05, 3.63) is 33.8 Å². The van der Waals surface area contributed by atoms with Gasteiger partial charge in [-0.1, -0.05) is 68.3 Å². The van der Waals surface area contributed by atoms with Crippen LogP contribution in [0.4, 0.5) is 0 Å². The van der Waals surface area contributed by atoms with Crippen LogP contribution in [0.3, 0.4) is 0 Å². The number of likely N-dealkylation sites (N-methyl/N-ethyl adjacent to an activating group) is 1. The molecule has 1 saturated carbocycles. The van der Waals surface area contributed by atoms with Gasteiger partial charge in [0.05, 0.1) is 0 Å². The van der Waals surface area contributed by atoms with Crippen molar-refractivity contribution in [2.75, 3.05) is 6.54 Å². The highest BCUT2D eigenvalue weighted by Gasteiger charge is 2.23. The van der Waals surface area contributed by atoms with E-state index in [-0.39, 0.29) is 0 Å². The molecule has 21 heavy (non-hydrogen) atoms. The van der Waals surface area contributed by atoms with Crippen molar-refractivity contribution in [2.24, 2.45) is 5.92 Å². The van der Waals surface area contributed by atoms with E-state index >= 15 is 0 Å². The van der Waals surface area contributed by atoms with Gasteiger partial charge < -0.3 is 5.32 Å². The third kappa shape index (κ3) is 5.16. The van der Waals surface area contributed by atoms with Crippen LogP contribution in [0.5, 0.6) is 0 Å². The predicted molar refractivity (Wildman–Crippen MR) is 93.4 cm³/mol. The fourth-order valence-electron chi connectivity index (χ4n) is 3.51. The molecular formula is C18H27Cl2N. The van der Waals surface area contributed by atoms with Crippen LogP contribution >= 0.6 is 23.2 Å². The largest absolute Gasteiger partial charge is 0.314 e. The van der Waals surface area contributed by atoms with E-state index in [0.717, 1.165) is 34.5 Å². The molecule has 0 bridgehead atoms. The van der Waals surface area contributed by atoms with Gasteiger partial charge in [0.25, 0.3) is 0 Å². The molecule has 0 amide bonds. The number of benzene rings is 1. The Bertz CT molecular complexity index is 405. The summed E-state index contributed by atoms with van der Waals surface area (Å²) in [5, 5.41) is 5.29. The topological polar surface area (TPSA) is 12.0 Å². The number of hydrogen-bond acceptors (Lipinski definition) is 1. The molecule has 0 spiro atoms. The van der Waals surface area contributed by atoms with Gasteiger partial charge in [-0.15, -0.1) is 0 Å². The van der Waals surface area contributed by atoms with Gasteiger partial charge in [-0.25, -0.2) is 0 Å². The molecule has 1 atom stereocenters. The molecule has 0 heterocycles. The standard InChI is InChI=1S/C18H27Cl2N/c1-2-21-18(14-9-6-4-3-5-7-10-14)13-15-16(19)11-8-12-17(15)20/h8,11-12,14,18,21H,2-7,9-10,13H2,1H3. The Kier molecular flexibility index (Phi) is 7.36. The minimum Gasteiger partial charge on any atom is -0.314 e. The summed E-state index contributed by atoms with van der Waals surface area (Å²) in [5.74, 6) is 0.748. The van der Waals surface area contributed by atoms with E-state index in [9.17, 15) is 0 Å². The monoisotopic (exact) mass is 327 g/mol. The lowest BCUT2D eigenvalue weighted by Gasteiger charge is -2.30.